The molecular formula is C17H16ClN3O3S. The average molecular weight is 378 g/mol. The Hall–Kier alpha value is -2.38. The number of fused-ring (bicyclic) bond motifs is 1. The van der Waals surface area contributed by atoms with Crippen LogP contribution in [0.4, 0.5) is 5.13 Å². The highest BCUT2D eigenvalue weighted by molar-refractivity contribution is 7.22. The maximum atomic E-state index is 12.4. The second kappa shape index (κ2) is 7.25. The number of carbonyl (C=O) groups excluding carboxylic acids is 1. The number of ether oxygens (including phenoxy) is 2. The van der Waals surface area contributed by atoms with Gasteiger partial charge < -0.3 is 9.47 Å². The Morgan fingerprint density at radius 2 is 2.12 bits per heavy atom. The molecule has 0 aliphatic heterocycles. The minimum absolute atomic E-state index is 0.0515. The van der Waals surface area contributed by atoms with Gasteiger partial charge in [-0.2, -0.15) is 0 Å². The van der Waals surface area contributed by atoms with Gasteiger partial charge in [0.15, 0.2) is 5.13 Å². The monoisotopic (exact) mass is 377 g/mol. The molecule has 6 nitrogen and oxygen atoms in total. The number of anilines is 1. The van der Waals surface area contributed by atoms with Gasteiger partial charge in [-0.15, -0.1) is 0 Å². The summed E-state index contributed by atoms with van der Waals surface area (Å²) >= 11 is 7.49. The van der Waals surface area contributed by atoms with Crippen LogP contribution in [-0.2, 0) is 0 Å². The molecule has 2 aromatic heterocycles. The summed E-state index contributed by atoms with van der Waals surface area (Å²) < 4.78 is 11.6. The summed E-state index contributed by atoms with van der Waals surface area (Å²) in [7, 11) is 1.61. The summed E-state index contributed by atoms with van der Waals surface area (Å²) in [6.07, 6.45) is 1.37. The fourth-order valence-electron chi connectivity index (χ4n) is 2.11. The smallest absolute Gasteiger partial charge is 0.259 e. The molecule has 1 amide bonds. The van der Waals surface area contributed by atoms with E-state index >= 15 is 0 Å². The van der Waals surface area contributed by atoms with E-state index in [1.807, 2.05) is 32.0 Å². The van der Waals surface area contributed by atoms with Crippen molar-refractivity contribution in [3.8, 4) is 11.6 Å². The Kier molecular flexibility index (Phi) is 5.06. The first kappa shape index (κ1) is 17.4. The van der Waals surface area contributed by atoms with E-state index in [1.165, 1.54) is 23.6 Å². The van der Waals surface area contributed by atoms with E-state index < -0.39 is 0 Å². The summed E-state index contributed by atoms with van der Waals surface area (Å²) in [5.74, 6) is 0.711. The van der Waals surface area contributed by atoms with Gasteiger partial charge in [0, 0.05) is 6.20 Å². The molecule has 1 aromatic carbocycles. The first-order valence-electron chi connectivity index (χ1n) is 7.54. The lowest BCUT2D eigenvalue weighted by molar-refractivity contribution is 0.102. The molecule has 3 rings (SSSR count). The van der Waals surface area contributed by atoms with Crippen molar-refractivity contribution < 1.29 is 14.3 Å². The van der Waals surface area contributed by atoms with Gasteiger partial charge in [-0.05, 0) is 38.1 Å². The number of thiazole rings is 1. The number of rotatable bonds is 5. The van der Waals surface area contributed by atoms with Crippen LogP contribution >= 0.6 is 22.9 Å². The van der Waals surface area contributed by atoms with Crippen molar-refractivity contribution in [2.75, 3.05) is 12.4 Å². The highest BCUT2D eigenvalue weighted by Crippen LogP contribution is 2.30. The molecule has 1 N–H and O–H groups in total. The number of pyridine rings is 1. The van der Waals surface area contributed by atoms with Crippen LogP contribution in [-0.4, -0.2) is 29.1 Å². The number of nitrogens with zero attached hydrogens (tertiary/aromatic N) is 2. The van der Waals surface area contributed by atoms with E-state index in [0.29, 0.717) is 16.6 Å². The number of benzene rings is 1. The van der Waals surface area contributed by atoms with E-state index in [9.17, 15) is 4.79 Å². The molecule has 0 bridgehead atoms. The quantitative estimate of drug-likeness (QED) is 0.713. The molecule has 25 heavy (non-hydrogen) atoms. The molecule has 0 aliphatic carbocycles. The van der Waals surface area contributed by atoms with Crippen molar-refractivity contribution in [1.29, 1.82) is 0 Å². The summed E-state index contributed by atoms with van der Waals surface area (Å²) in [5.41, 5.74) is 1.12. The molecule has 2 heterocycles. The zero-order valence-corrected chi connectivity index (χ0v) is 15.4. The predicted molar refractivity (Wildman–Crippen MR) is 99.1 cm³/mol. The van der Waals surface area contributed by atoms with Crippen LogP contribution in [0, 0.1) is 0 Å². The molecule has 0 saturated carbocycles. The zero-order chi connectivity index (χ0) is 18.0. The van der Waals surface area contributed by atoms with Crippen LogP contribution in [0.25, 0.3) is 10.2 Å². The number of hydrogen-bond donors (Lipinski definition) is 1. The van der Waals surface area contributed by atoms with Crippen LogP contribution in [0.15, 0.2) is 30.5 Å². The maximum absolute atomic E-state index is 12.4. The van der Waals surface area contributed by atoms with E-state index in [-0.39, 0.29) is 17.0 Å². The van der Waals surface area contributed by atoms with Crippen molar-refractivity contribution in [2.24, 2.45) is 0 Å². The van der Waals surface area contributed by atoms with Crippen molar-refractivity contribution in [3.63, 3.8) is 0 Å². The minimum atomic E-state index is -0.337. The number of halogens is 1. The van der Waals surface area contributed by atoms with Crippen LogP contribution < -0.4 is 14.8 Å². The first-order chi connectivity index (χ1) is 12.0. The summed E-state index contributed by atoms with van der Waals surface area (Å²) in [6.45, 7) is 3.75. The predicted octanol–water partition coefficient (Wildman–Crippen LogP) is 4.39. The van der Waals surface area contributed by atoms with Gasteiger partial charge in [0.2, 0.25) is 5.88 Å². The van der Waals surface area contributed by atoms with Gasteiger partial charge in [-0.1, -0.05) is 22.9 Å². The molecule has 0 radical (unpaired) electrons. The minimum Gasteiger partial charge on any atom is -0.497 e. The molecule has 0 unspecified atom stereocenters. The number of methoxy groups -OCH3 is 1. The molecule has 0 fully saturated rings. The Bertz CT molecular complexity index is 927. The Morgan fingerprint density at radius 3 is 2.80 bits per heavy atom. The lowest BCUT2D eigenvalue weighted by Gasteiger charge is -2.10. The molecular weight excluding hydrogens is 362 g/mol. The van der Waals surface area contributed by atoms with Crippen LogP contribution in [0.2, 0.25) is 5.02 Å². The van der Waals surface area contributed by atoms with E-state index in [4.69, 9.17) is 21.1 Å². The first-order valence-corrected chi connectivity index (χ1v) is 8.74. The second-order valence-electron chi connectivity index (χ2n) is 5.48. The Balaban J connectivity index is 1.79. The fraction of sp³-hybridized carbons (Fsp3) is 0.235. The molecule has 0 atom stereocenters. The van der Waals surface area contributed by atoms with Crippen LogP contribution in [0.3, 0.4) is 0 Å². The molecule has 0 spiro atoms. The number of carbonyl (C=O) groups is 1. The summed E-state index contributed by atoms with van der Waals surface area (Å²) in [5, 5.41) is 3.54. The molecule has 130 valence electrons. The van der Waals surface area contributed by atoms with Gasteiger partial charge in [0.25, 0.3) is 5.91 Å². The highest BCUT2D eigenvalue weighted by Gasteiger charge is 2.14. The largest absolute Gasteiger partial charge is 0.497 e. The highest BCUT2D eigenvalue weighted by atomic mass is 35.5. The summed E-state index contributed by atoms with van der Waals surface area (Å²) in [6, 6.07) is 7.07. The molecule has 8 heteroatoms. The summed E-state index contributed by atoms with van der Waals surface area (Å²) in [4.78, 5) is 20.9. The lowest BCUT2D eigenvalue weighted by atomic mass is 10.2. The SMILES string of the molecule is COc1ccc2nc(NC(=O)c3cnc(OC(C)C)c(Cl)c3)sc2c1. The van der Waals surface area contributed by atoms with Crippen LogP contribution in [0.5, 0.6) is 11.6 Å². The third kappa shape index (κ3) is 4.00. The van der Waals surface area contributed by atoms with Crippen molar-refractivity contribution in [1.82, 2.24) is 9.97 Å². The number of nitrogens with one attached hydrogen (secondary N) is 1. The van der Waals surface area contributed by atoms with Crippen LogP contribution in [0.1, 0.15) is 24.2 Å². The third-order valence-electron chi connectivity index (χ3n) is 3.23. The standard InChI is InChI=1S/C17H16ClN3O3S/c1-9(2)24-16-12(18)6-10(8-19-16)15(22)21-17-20-13-5-4-11(23-3)7-14(13)25-17/h4-9H,1-3H3,(H,20,21,22). The van der Waals surface area contributed by atoms with Crippen molar-refractivity contribution in [2.45, 2.75) is 20.0 Å². The van der Waals surface area contributed by atoms with Gasteiger partial charge in [0.1, 0.15) is 10.8 Å². The molecule has 0 saturated heterocycles. The van der Waals surface area contributed by atoms with Crippen molar-refractivity contribution in [3.05, 3.63) is 41.0 Å². The topological polar surface area (TPSA) is 73.3 Å². The normalized spacial score (nSPS) is 10.9. The van der Waals surface area contributed by atoms with Gasteiger partial charge >= 0.3 is 0 Å². The van der Waals surface area contributed by atoms with E-state index in [2.05, 4.69) is 15.3 Å². The van der Waals surface area contributed by atoms with Gasteiger partial charge in [0.05, 0.1) is 29.0 Å². The molecule has 0 aliphatic rings. The van der Waals surface area contributed by atoms with E-state index in [0.717, 1.165) is 16.0 Å². The number of aromatic nitrogens is 2. The third-order valence-corrected chi connectivity index (χ3v) is 4.44. The number of hydrogen-bond acceptors (Lipinski definition) is 6. The number of amides is 1. The fourth-order valence-corrected chi connectivity index (χ4v) is 3.21. The Labute approximate surface area is 153 Å². The zero-order valence-electron chi connectivity index (χ0n) is 13.9. The second-order valence-corrected chi connectivity index (χ2v) is 6.92. The van der Waals surface area contributed by atoms with E-state index in [1.54, 1.807) is 7.11 Å². The van der Waals surface area contributed by atoms with Gasteiger partial charge in [-0.3, -0.25) is 10.1 Å². The maximum Gasteiger partial charge on any atom is 0.259 e. The van der Waals surface area contributed by atoms with Crippen molar-refractivity contribution >= 4 is 44.2 Å². The molecule has 3 aromatic rings. The lowest BCUT2D eigenvalue weighted by Crippen LogP contribution is -2.13. The average Bonchev–Trinajstić information content (AvgIpc) is 2.97. The Morgan fingerprint density at radius 1 is 1.32 bits per heavy atom. The van der Waals surface area contributed by atoms with Gasteiger partial charge in [-0.25, -0.2) is 9.97 Å².